The summed E-state index contributed by atoms with van der Waals surface area (Å²) in [5.74, 6) is 14.5. The van der Waals surface area contributed by atoms with Crippen LogP contribution in [0.1, 0.15) is 139 Å². The summed E-state index contributed by atoms with van der Waals surface area (Å²) in [6, 6.07) is 31.7. The van der Waals surface area contributed by atoms with Crippen LogP contribution in [0.25, 0.3) is 33.4 Å². The van der Waals surface area contributed by atoms with Gasteiger partial charge >= 0.3 is 30.7 Å². The lowest BCUT2D eigenvalue weighted by Crippen LogP contribution is -2.37. The van der Waals surface area contributed by atoms with Gasteiger partial charge in [0.1, 0.15) is 62.3 Å². The van der Waals surface area contributed by atoms with Crippen LogP contribution in [0, 0.1) is 56.8 Å². The molecule has 664 valence electrons. The maximum atomic E-state index is 13.1. The second-order valence-corrected chi connectivity index (χ2v) is 31.4. The van der Waals surface area contributed by atoms with E-state index in [0.29, 0.717) is 124 Å². The Morgan fingerprint density at radius 2 is 0.754 bits per heavy atom. The summed E-state index contributed by atoms with van der Waals surface area (Å²) in [4.78, 5) is 91.4. The molecule has 0 saturated carbocycles. The SMILES string of the molecule is C#C[C@H](C)NC(=O)OC(C)(C)C.Cc1ccc(NC(=O)c2ccnc(C(F)(F)F)c2)cc1-c1cc(C#C[C@H](C)N)nc(N2CCOCC2)c1.Cc1ccc(NC(=O)c2ccnc(C(F)(F)F)c2)cc1-c1cc(C#C[C@H](C)NC(=O)OC(C)(C)C)nc(N2CCOCC2)c1.Cc1ccc(NC(=O)c2ccnc(C(F)(F)F)c2)cc1-c1cc(Cl)nc(N2CCOCC2)c1. The van der Waals surface area contributed by atoms with E-state index in [1.807, 2.05) is 69.3 Å². The first-order valence-corrected chi connectivity index (χ1v) is 40.0. The van der Waals surface area contributed by atoms with E-state index in [4.69, 9.17) is 57.4 Å². The van der Waals surface area contributed by atoms with E-state index in [2.05, 4.69) is 90.8 Å². The molecule has 9 heterocycles. The third kappa shape index (κ3) is 29.9. The molecule has 3 aliphatic heterocycles. The van der Waals surface area contributed by atoms with Crippen molar-refractivity contribution < 1.29 is 87.2 Å². The number of hydrogen-bond acceptors (Lipinski definition) is 20. The van der Waals surface area contributed by atoms with Crippen LogP contribution in [0.4, 0.5) is 83.6 Å². The lowest BCUT2D eigenvalue weighted by Gasteiger charge is -2.28. The van der Waals surface area contributed by atoms with Gasteiger partial charge in [-0.2, -0.15) is 39.5 Å². The van der Waals surface area contributed by atoms with E-state index in [9.17, 15) is 63.5 Å². The number of rotatable bonds is 14. The Bertz CT molecular complexity index is 5560. The Balaban J connectivity index is 0.000000202. The molecule has 3 aliphatic rings. The number of morpholine rings is 3. The van der Waals surface area contributed by atoms with Crippen molar-refractivity contribution in [1.82, 2.24) is 40.5 Å². The summed E-state index contributed by atoms with van der Waals surface area (Å²) in [6.07, 6.45) is -7.06. The van der Waals surface area contributed by atoms with E-state index in [1.165, 1.54) is 18.2 Å². The summed E-state index contributed by atoms with van der Waals surface area (Å²) in [5.41, 5.74) is 10.7. The molecule has 9 aromatic rings. The van der Waals surface area contributed by atoms with E-state index in [-0.39, 0.29) is 28.8 Å². The van der Waals surface area contributed by atoms with Gasteiger partial charge in [0, 0.05) is 91.6 Å². The highest BCUT2D eigenvalue weighted by Gasteiger charge is 2.36. The molecular formula is C91H95ClF9N15O10. The molecule has 3 aromatic carbocycles. The normalized spacial score (nSPS) is 14.2. The lowest BCUT2D eigenvalue weighted by atomic mass is 9.99. The zero-order valence-corrected chi connectivity index (χ0v) is 71.9. The van der Waals surface area contributed by atoms with Crippen LogP contribution >= 0.6 is 11.6 Å². The molecule has 6 aromatic heterocycles. The molecule has 0 aliphatic carbocycles. The van der Waals surface area contributed by atoms with Crippen molar-refractivity contribution in [3.8, 4) is 69.4 Å². The third-order valence-electron chi connectivity index (χ3n) is 18.3. The van der Waals surface area contributed by atoms with Crippen molar-refractivity contribution in [2.75, 3.05) is 110 Å². The molecule has 5 amide bonds. The zero-order valence-electron chi connectivity index (χ0n) is 71.1. The Kier molecular flexibility index (Phi) is 33.2. The van der Waals surface area contributed by atoms with Crippen molar-refractivity contribution in [1.29, 1.82) is 0 Å². The fourth-order valence-corrected chi connectivity index (χ4v) is 12.4. The second-order valence-electron chi connectivity index (χ2n) is 31.0. The number of terminal acetylenes is 1. The number of halogens is 10. The Hall–Kier alpha value is -12.9. The van der Waals surface area contributed by atoms with Gasteiger partial charge in [0.05, 0.1) is 57.8 Å². The minimum atomic E-state index is -4.67. The largest absolute Gasteiger partial charge is 0.444 e. The average Bonchev–Trinajstić information content (AvgIpc) is 0.929. The highest BCUT2D eigenvalue weighted by molar-refractivity contribution is 6.29. The Morgan fingerprint density at radius 1 is 0.444 bits per heavy atom. The first-order valence-electron chi connectivity index (χ1n) is 39.6. The van der Waals surface area contributed by atoms with Crippen LogP contribution in [-0.2, 0) is 42.2 Å². The van der Waals surface area contributed by atoms with E-state index in [0.717, 1.165) is 92.4 Å². The zero-order chi connectivity index (χ0) is 92.0. The number of nitrogens with one attached hydrogen (secondary N) is 5. The first-order chi connectivity index (χ1) is 59.3. The topological polar surface area (TPSA) is 305 Å². The predicted molar refractivity (Wildman–Crippen MR) is 463 cm³/mol. The minimum Gasteiger partial charge on any atom is -0.444 e. The van der Waals surface area contributed by atoms with Crippen molar-refractivity contribution in [2.45, 2.75) is 131 Å². The molecule has 7 N–H and O–H groups in total. The van der Waals surface area contributed by atoms with Gasteiger partial charge in [0.15, 0.2) is 0 Å². The van der Waals surface area contributed by atoms with Crippen LogP contribution in [0.5, 0.6) is 0 Å². The van der Waals surface area contributed by atoms with E-state index in [1.54, 1.807) is 105 Å². The van der Waals surface area contributed by atoms with Crippen LogP contribution in [-0.4, -0.2) is 168 Å². The molecule has 3 saturated heterocycles. The maximum Gasteiger partial charge on any atom is 0.433 e. The number of benzene rings is 3. The molecule has 35 heteroatoms. The molecule has 0 bridgehead atoms. The van der Waals surface area contributed by atoms with Crippen molar-refractivity contribution in [3.05, 3.63) is 213 Å². The summed E-state index contributed by atoms with van der Waals surface area (Å²) in [7, 11) is 0. The summed E-state index contributed by atoms with van der Waals surface area (Å²) < 4.78 is 144. The molecule has 126 heavy (non-hydrogen) atoms. The molecule has 12 rings (SSSR count). The van der Waals surface area contributed by atoms with E-state index < -0.39 is 82.8 Å². The second kappa shape index (κ2) is 43.1. The van der Waals surface area contributed by atoms with Crippen LogP contribution in [0.2, 0.25) is 5.15 Å². The molecular weight excluding hydrogens is 1670 g/mol. The van der Waals surface area contributed by atoms with Crippen LogP contribution < -0.4 is 47.0 Å². The number of aryl methyl sites for hydroxylation is 3. The molecule has 0 radical (unpaired) electrons. The molecule has 3 atom stereocenters. The van der Waals surface area contributed by atoms with Gasteiger partial charge in [-0.15, -0.1) is 6.42 Å². The molecule has 25 nitrogen and oxygen atoms in total. The van der Waals surface area contributed by atoms with Crippen LogP contribution in [0.15, 0.2) is 146 Å². The van der Waals surface area contributed by atoms with Gasteiger partial charge in [-0.05, 0) is 254 Å². The molecule has 0 unspecified atom stereocenters. The predicted octanol–water partition coefficient (Wildman–Crippen LogP) is 16.8. The highest BCUT2D eigenvalue weighted by Crippen LogP contribution is 2.37. The first kappa shape index (κ1) is 96.9. The van der Waals surface area contributed by atoms with E-state index >= 15 is 0 Å². The van der Waals surface area contributed by atoms with Crippen molar-refractivity contribution in [2.24, 2.45) is 5.73 Å². The van der Waals surface area contributed by atoms with Gasteiger partial charge in [-0.3, -0.25) is 29.3 Å². The van der Waals surface area contributed by atoms with Crippen molar-refractivity contribution >= 4 is 76.0 Å². The quantitative estimate of drug-likeness (QED) is 0.0335. The summed E-state index contributed by atoms with van der Waals surface area (Å²) in [5, 5.41) is 13.5. The standard InChI is InChI=1S/C32H34F3N5O4.C27H26F3N5O2.C23H20ClF3N4O2.C9H15NO2/c1-20-6-8-25(39-29(41)22-10-11-36-27(17-22)32(33,34)35)19-26(20)23-16-24(38-28(18-23)40-12-14-43-15-13-40)9-7-21(2)37-30(42)44-31(3,4)5;1-17-3-5-22(34-26(36)19-7-8-32-24(14-19)27(28,29)30)16-23(17)20-13-21(6-4-18(2)31)33-25(15-20)35-9-11-37-12-10-35;1-14-2-3-17(29-22(32)15-4-5-28-19(10-15)23(25,26)27)13-18(14)16-11-20(24)30-21(12-16)31-6-8-33-9-7-31;1-6-7(2)10-8(11)12-9(3,4)5/h6,8,10-11,16-19,21H,12-15H2,1-5H3,(H,37,42)(H,39,41);3,5,7-8,13-16,18H,9-12,31H2,1-2H3,(H,34,36);2-5,10-13H,6-9H2,1H3,(H,29,32);1,7H,2-5H3,(H,10,11)/t21-;18-;;7-/m00.0/s1. The number of amides is 5. The number of nitrogens with two attached hydrogens (primary N) is 1. The maximum absolute atomic E-state index is 13.1. The highest BCUT2D eigenvalue weighted by atomic mass is 35.5. The third-order valence-corrected chi connectivity index (χ3v) is 18.5. The number of carbonyl (C=O) groups excluding carboxylic acids is 5. The fraction of sp³-hybridized carbons (Fsp3) is 0.352. The van der Waals surface area contributed by atoms with Gasteiger partial charge in [0.25, 0.3) is 17.7 Å². The Labute approximate surface area is 728 Å². The van der Waals surface area contributed by atoms with Crippen molar-refractivity contribution in [3.63, 3.8) is 0 Å². The summed E-state index contributed by atoms with van der Waals surface area (Å²) >= 11 is 6.29. The van der Waals surface area contributed by atoms with Gasteiger partial charge in [-0.25, -0.2) is 24.5 Å². The monoisotopic (exact) mass is 1760 g/mol. The summed E-state index contributed by atoms with van der Waals surface area (Å²) in [6.45, 7) is 29.3. The average molecular weight is 1770 g/mol. The number of pyridine rings is 6. The number of alkyl halides is 9. The smallest absolute Gasteiger partial charge is 0.433 e. The fourth-order valence-electron chi connectivity index (χ4n) is 12.2. The number of aromatic nitrogens is 6. The van der Waals surface area contributed by atoms with Gasteiger partial charge in [-0.1, -0.05) is 47.6 Å². The van der Waals surface area contributed by atoms with Gasteiger partial charge < -0.3 is 70.7 Å². The minimum absolute atomic E-state index is 0.138. The number of nitrogens with zero attached hydrogens (tertiary/aromatic N) is 9. The number of alkyl carbamates (subject to hydrolysis) is 2. The lowest BCUT2D eigenvalue weighted by molar-refractivity contribution is -0.142. The Morgan fingerprint density at radius 3 is 1.06 bits per heavy atom. The van der Waals surface area contributed by atoms with Crippen LogP contribution in [0.3, 0.4) is 0 Å². The number of anilines is 6. The number of hydrogen-bond donors (Lipinski definition) is 6. The number of ether oxygens (including phenoxy) is 5. The molecule has 0 spiro atoms. The number of carbonyl (C=O) groups is 5. The molecule has 3 fully saturated rings. The van der Waals surface area contributed by atoms with Gasteiger partial charge in [0.2, 0.25) is 0 Å².